The van der Waals surface area contributed by atoms with Crippen molar-refractivity contribution in [2.24, 2.45) is 0 Å². The van der Waals surface area contributed by atoms with E-state index in [-0.39, 0.29) is 17.9 Å². The Bertz CT molecular complexity index is 808. The van der Waals surface area contributed by atoms with Gasteiger partial charge in [-0.15, -0.1) is 0 Å². The van der Waals surface area contributed by atoms with Crippen LogP contribution in [0.15, 0.2) is 30.3 Å². The third kappa shape index (κ3) is 3.03. The molecule has 0 radical (unpaired) electrons. The number of hydrogen-bond donors (Lipinski definition) is 1. The fourth-order valence-corrected chi connectivity index (χ4v) is 3.12. The second-order valence-corrected chi connectivity index (χ2v) is 6.20. The predicted molar refractivity (Wildman–Crippen MR) is 99.0 cm³/mol. The van der Waals surface area contributed by atoms with E-state index in [9.17, 15) is 4.79 Å². The van der Waals surface area contributed by atoms with Gasteiger partial charge >= 0.3 is 0 Å². The average molecular weight is 357 g/mol. The van der Waals surface area contributed by atoms with Gasteiger partial charge in [-0.3, -0.25) is 4.79 Å². The minimum absolute atomic E-state index is 0.0418. The van der Waals surface area contributed by atoms with Gasteiger partial charge in [0.05, 0.1) is 26.9 Å². The summed E-state index contributed by atoms with van der Waals surface area (Å²) in [5, 5.41) is 2.88. The van der Waals surface area contributed by atoms with Crippen molar-refractivity contribution in [3.05, 3.63) is 41.5 Å². The highest BCUT2D eigenvalue weighted by Crippen LogP contribution is 2.42. The fraction of sp³-hybridized carbons (Fsp3) is 0.350. The van der Waals surface area contributed by atoms with Crippen molar-refractivity contribution < 1.29 is 23.7 Å². The lowest BCUT2D eigenvalue weighted by Crippen LogP contribution is -2.14. The predicted octanol–water partition coefficient (Wildman–Crippen LogP) is 3.85. The van der Waals surface area contributed by atoms with E-state index in [2.05, 4.69) is 12.2 Å². The van der Waals surface area contributed by atoms with Gasteiger partial charge in [0.15, 0.2) is 11.5 Å². The summed E-state index contributed by atoms with van der Waals surface area (Å²) >= 11 is 0. The summed E-state index contributed by atoms with van der Waals surface area (Å²) in [5.74, 6) is 2.06. The highest BCUT2D eigenvalue weighted by atomic mass is 16.5. The normalized spacial score (nSPS) is 17.9. The fourth-order valence-electron chi connectivity index (χ4n) is 3.12. The molecular weight excluding hydrogens is 334 g/mol. The van der Waals surface area contributed by atoms with Crippen molar-refractivity contribution in [3.8, 4) is 23.0 Å². The highest BCUT2D eigenvalue weighted by Gasteiger charge is 2.31. The molecule has 6 heteroatoms. The topological polar surface area (TPSA) is 66.0 Å². The monoisotopic (exact) mass is 357 g/mol. The first-order chi connectivity index (χ1) is 12.5. The molecule has 6 nitrogen and oxygen atoms in total. The summed E-state index contributed by atoms with van der Waals surface area (Å²) in [7, 11) is 4.60. The molecule has 1 heterocycles. The van der Waals surface area contributed by atoms with Gasteiger partial charge in [-0.05, 0) is 13.0 Å². The summed E-state index contributed by atoms with van der Waals surface area (Å²) in [5.41, 5.74) is 2.10. The summed E-state index contributed by atoms with van der Waals surface area (Å²) < 4.78 is 21.9. The Morgan fingerprint density at radius 1 is 1.04 bits per heavy atom. The molecule has 1 N–H and O–H groups in total. The van der Waals surface area contributed by atoms with E-state index >= 15 is 0 Å². The van der Waals surface area contributed by atoms with Crippen LogP contribution in [0.1, 0.15) is 35.7 Å². The van der Waals surface area contributed by atoms with Crippen LogP contribution in [0.4, 0.5) is 5.69 Å². The Labute approximate surface area is 153 Å². The van der Waals surface area contributed by atoms with Gasteiger partial charge in [0, 0.05) is 29.3 Å². The average Bonchev–Trinajstić information content (AvgIpc) is 2.95. The van der Waals surface area contributed by atoms with Crippen molar-refractivity contribution in [3.63, 3.8) is 0 Å². The van der Waals surface area contributed by atoms with Gasteiger partial charge in [-0.25, -0.2) is 0 Å². The maximum atomic E-state index is 12.8. The maximum Gasteiger partial charge on any atom is 0.259 e. The first kappa shape index (κ1) is 17.9. The Morgan fingerprint density at radius 2 is 1.69 bits per heavy atom. The van der Waals surface area contributed by atoms with E-state index in [4.69, 9.17) is 18.9 Å². The SMILES string of the molecule is COc1cc(NC(=O)c2cccc3c2O[C@@H](C)[C@@H]3C)cc(OC)c1OC. The lowest BCUT2D eigenvalue weighted by atomic mass is 9.97. The quantitative estimate of drug-likeness (QED) is 0.880. The molecular formula is C20H23NO5. The number of hydrogen-bond acceptors (Lipinski definition) is 5. The third-order valence-electron chi connectivity index (χ3n) is 4.71. The molecule has 1 aliphatic rings. The zero-order valence-corrected chi connectivity index (χ0v) is 15.6. The molecule has 26 heavy (non-hydrogen) atoms. The first-order valence-electron chi connectivity index (χ1n) is 8.41. The number of para-hydroxylation sites is 1. The van der Waals surface area contributed by atoms with Gasteiger partial charge < -0.3 is 24.3 Å². The molecule has 0 bridgehead atoms. The van der Waals surface area contributed by atoms with Gasteiger partial charge in [-0.1, -0.05) is 19.1 Å². The smallest absolute Gasteiger partial charge is 0.259 e. The molecule has 2 aromatic carbocycles. The number of amides is 1. The van der Waals surface area contributed by atoms with Crippen LogP contribution in [0.2, 0.25) is 0 Å². The van der Waals surface area contributed by atoms with Crippen LogP contribution in [0.3, 0.4) is 0 Å². The Kier molecular flexibility index (Phi) is 4.93. The lowest BCUT2D eigenvalue weighted by Gasteiger charge is -2.15. The second kappa shape index (κ2) is 7.15. The number of anilines is 1. The van der Waals surface area contributed by atoms with E-state index in [1.54, 1.807) is 18.2 Å². The molecule has 1 amide bonds. The van der Waals surface area contributed by atoms with E-state index in [1.807, 2.05) is 19.1 Å². The zero-order chi connectivity index (χ0) is 18.8. The van der Waals surface area contributed by atoms with Gasteiger partial charge in [0.25, 0.3) is 5.91 Å². The Balaban J connectivity index is 1.93. The minimum atomic E-state index is -0.252. The van der Waals surface area contributed by atoms with Crippen molar-refractivity contribution in [2.75, 3.05) is 26.6 Å². The van der Waals surface area contributed by atoms with Gasteiger partial charge in [0.2, 0.25) is 5.75 Å². The first-order valence-corrected chi connectivity index (χ1v) is 8.41. The van der Waals surface area contributed by atoms with Crippen LogP contribution in [0, 0.1) is 0 Å². The van der Waals surface area contributed by atoms with Gasteiger partial charge in [-0.2, -0.15) is 0 Å². The summed E-state index contributed by atoms with van der Waals surface area (Å²) in [4.78, 5) is 12.8. The number of ether oxygens (including phenoxy) is 4. The highest BCUT2D eigenvalue weighted by molar-refractivity contribution is 6.07. The summed E-state index contributed by atoms with van der Waals surface area (Å²) in [6, 6.07) is 9.01. The van der Waals surface area contributed by atoms with Crippen LogP contribution < -0.4 is 24.3 Å². The standard InChI is InChI=1S/C20H23NO5/c1-11-12(2)26-18-14(11)7-6-8-15(18)20(22)21-13-9-16(23-3)19(25-5)17(10-13)24-4/h6-12H,1-5H3,(H,21,22)/t11-,12-/m0/s1. The number of nitrogens with one attached hydrogen (secondary N) is 1. The largest absolute Gasteiger partial charge is 0.493 e. The van der Waals surface area contributed by atoms with Crippen molar-refractivity contribution in [1.82, 2.24) is 0 Å². The lowest BCUT2D eigenvalue weighted by molar-refractivity contribution is 0.102. The van der Waals surface area contributed by atoms with Gasteiger partial charge in [0.1, 0.15) is 11.9 Å². The van der Waals surface area contributed by atoms with E-state index in [0.29, 0.717) is 34.2 Å². The minimum Gasteiger partial charge on any atom is -0.493 e. The molecule has 0 unspecified atom stereocenters. The number of carbonyl (C=O) groups excluding carboxylic acids is 1. The Hall–Kier alpha value is -2.89. The van der Waals surface area contributed by atoms with Crippen LogP contribution in [0.5, 0.6) is 23.0 Å². The number of rotatable bonds is 5. The molecule has 2 atom stereocenters. The van der Waals surface area contributed by atoms with E-state index in [1.165, 1.54) is 21.3 Å². The molecule has 0 spiro atoms. The number of benzene rings is 2. The van der Waals surface area contributed by atoms with E-state index in [0.717, 1.165) is 5.56 Å². The van der Waals surface area contributed by atoms with Crippen LogP contribution >= 0.6 is 0 Å². The molecule has 0 saturated carbocycles. The molecule has 3 rings (SSSR count). The molecule has 0 fully saturated rings. The third-order valence-corrected chi connectivity index (χ3v) is 4.71. The van der Waals surface area contributed by atoms with Crippen molar-refractivity contribution in [1.29, 1.82) is 0 Å². The summed E-state index contributed by atoms with van der Waals surface area (Å²) in [6.45, 7) is 4.10. The van der Waals surface area contributed by atoms with Crippen LogP contribution in [-0.4, -0.2) is 33.3 Å². The number of methoxy groups -OCH3 is 3. The second-order valence-electron chi connectivity index (χ2n) is 6.20. The van der Waals surface area contributed by atoms with E-state index < -0.39 is 0 Å². The molecule has 1 aliphatic heterocycles. The summed E-state index contributed by atoms with van der Waals surface area (Å²) in [6.07, 6.45) is 0.0418. The molecule has 0 aromatic heterocycles. The molecule has 138 valence electrons. The zero-order valence-electron chi connectivity index (χ0n) is 15.6. The number of fused-ring (bicyclic) bond motifs is 1. The molecule has 2 aromatic rings. The van der Waals surface area contributed by atoms with Crippen LogP contribution in [-0.2, 0) is 0 Å². The van der Waals surface area contributed by atoms with Crippen molar-refractivity contribution in [2.45, 2.75) is 25.9 Å². The maximum absolute atomic E-state index is 12.8. The number of carbonyl (C=O) groups is 1. The molecule has 0 saturated heterocycles. The molecule has 0 aliphatic carbocycles. The Morgan fingerprint density at radius 3 is 2.27 bits per heavy atom. The van der Waals surface area contributed by atoms with Crippen molar-refractivity contribution >= 4 is 11.6 Å². The van der Waals surface area contributed by atoms with Crippen LogP contribution in [0.25, 0.3) is 0 Å².